The van der Waals surface area contributed by atoms with E-state index in [4.69, 9.17) is 0 Å². The standard InChI is InChI=1S/C12H16/c1-2-8-5-7(1)11-9-3-4-10(6-9)12(8)11/h1-2,7-12H,3-6H2/t7-,8+,9-,10+,11?,12?. The second kappa shape index (κ2) is 1.81. The first-order valence-electron chi connectivity index (χ1n) is 5.62. The highest BCUT2D eigenvalue weighted by molar-refractivity contribution is 5.19. The summed E-state index contributed by atoms with van der Waals surface area (Å²) in [5, 5.41) is 0. The third-order valence-corrected chi connectivity index (χ3v) is 5.19. The first-order valence-corrected chi connectivity index (χ1v) is 5.62. The van der Waals surface area contributed by atoms with Crippen LogP contribution in [0.25, 0.3) is 0 Å². The van der Waals surface area contributed by atoms with Gasteiger partial charge in [0.1, 0.15) is 0 Å². The smallest absolute Gasteiger partial charge is 0.0194 e. The fourth-order valence-corrected chi connectivity index (χ4v) is 4.98. The van der Waals surface area contributed by atoms with Crippen molar-refractivity contribution in [1.82, 2.24) is 0 Å². The lowest BCUT2D eigenvalue weighted by molar-refractivity contribution is 0.206. The van der Waals surface area contributed by atoms with Gasteiger partial charge < -0.3 is 0 Å². The summed E-state index contributed by atoms with van der Waals surface area (Å²) in [6.45, 7) is 0. The molecule has 64 valence electrons. The Kier molecular flexibility index (Phi) is 0.939. The Hall–Kier alpha value is -0.260. The van der Waals surface area contributed by atoms with Gasteiger partial charge in [-0.1, -0.05) is 12.2 Å². The lowest BCUT2D eigenvalue weighted by Crippen LogP contribution is -2.25. The van der Waals surface area contributed by atoms with Gasteiger partial charge in [0.2, 0.25) is 0 Å². The van der Waals surface area contributed by atoms with Crippen molar-refractivity contribution in [3.05, 3.63) is 12.2 Å². The molecule has 2 unspecified atom stereocenters. The van der Waals surface area contributed by atoms with E-state index in [0.717, 1.165) is 35.5 Å². The van der Waals surface area contributed by atoms with E-state index in [-0.39, 0.29) is 0 Å². The van der Waals surface area contributed by atoms with Gasteiger partial charge in [0.25, 0.3) is 0 Å². The van der Waals surface area contributed by atoms with Crippen molar-refractivity contribution < 1.29 is 0 Å². The predicted octanol–water partition coefficient (Wildman–Crippen LogP) is 2.85. The van der Waals surface area contributed by atoms with Crippen molar-refractivity contribution in [2.75, 3.05) is 0 Å². The third kappa shape index (κ3) is 0.522. The van der Waals surface area contributed by atoms with Crippen LogP contribution in [0.3, 0.4) is 0 Å². The van der Waals surface area contributed by atoms with Gasteiger partial charge in [-0.25, -0.2) is 0 Å². The highest BCUT2D eigenvalue weighted by Gasteiger charge is 2.57. The molecule has 0 nitrogen and oxygen atoms in total. The molecule has 0 N–H and O–H groups in total. The van der Waals surface area contributed by atoms with Crippen LogP contribution in [0.4, 0.5) is 0 Å². The molecule has 0 aromatic rings. The van der Waals surface area contributed by atoms with E-state index in [1.165, 1.54) is 6.42 Å². The number of hydrogen-bond donors (Lipinski definition) is 0. The average Bonchev–Trinajstić information content (AvgIpc) is 2.83. The molecular weight excluding hydrogens is 144 g/mol. The van der Waals surface area contributed by atoms with E-state index < -0.39 is 0 Å². The number of allylic oxidation sites excluding steroid dienone is 2. The summed E-state index contributed by atoms with van der Waals surface area (Å²) in [5.41, 5.74) is 0. The van der Waals surface area contributed by atoms with Crippen LogP contribution in [0.15, 0.2) is 12.2 Å². The molecule has 0 spiro atoms. The zero-order chi connectivity index (χ0) is 7.71. The zero-order valence-corrected chi connectivity index (χ0v) is 7.45. The summed E-state index contributed by atoms with van der Waals surface area (Å²) in [6.07, 6.45) is 11.3. The van der Waals surface area contributed by atoms with Crippen molar-refractivity contribution in [3.8, 4) is 0 Å². The molecule has 0 aromatic heterocycles. The minimum Gasteiger partial charge on any atom is -0.0848 e. The van der Waals surface area contributed by atoms with Crippen LogP contribution in [0.1, 0.15) is 25.7 Å². The van der Waals surface area contributed by atoms with E-state index in [1.54, 1.807) is 19.3 Å². The fraction of sp³-hybridized carbons (Fsp3) is 0.833. The number of hydrogen-bond acceptors (Lipinski definition) is 0. The maximum Gasteiger partial charge on any atom is -0.0194 e. The van der Waals surface area contributed by atoms with Crippen LogP contribution in [-0.2, 0) is 0 Å². The van der Waals surface area contributed by atoms with Gasteiger partial charge in [0.15, 0.2) is 0 Å². The van der Waals surface area contributed by atoms with Gasteiger partial charge in [-0.2, -0.15) is 0 Å². The maximum absolute atomic E-state index is 2.53. The van der Waals surface area contributed by atoms with Crippen LogP contribution in [-0.4, -0.2) is 0 Å². The first kappa shape index (κ1) is 6.23. The van der Waals surface area contributed by atoms with Crippen molar-refractivity contribution in [1.29, 1.82) is 0 Å². The molecule has 0 aliphatic heterocycles. The average molecular weight is 160 g/mol. The van der Waals surface area contributed by atoms with Crippen LogP contribution in [0.5, 0.6) is 0 Å². The summed E-state index contributed by atoms with van der Waals surface area (Å²) in [7, 11) is 0. The van der Waals surface area contributed by atoms with E-state index in [9.17, 15) is 0 Å². The summed E-state index contributed by atoms with van der Waals surface area (Å²) in [6, 6.07) is 0. The Morgan fingerprint density at radius 2 is 1.33 bits per heavy atom. The molecule has 12 heavy (non-hydrogen) atoms. The topological polar surface area (TPSA) is 0 Å². The molecule has 4 aliphatic carbocycles. The van der Waals surface area contributed by atoms with Crippen molar-refractivity contribution in [2.24, 2.45) is 35.5 Å². The normalized spacial score (nSPS) is 64.7. The van der Waals surface area contributed by atoms with Gasteiger partial charge in [0.05, 0.1) is 0 Å². The van der Waals surface area contributed by atoms with E-state index >= 15 is 0 Å². The zero-order valence-electron chi connectivity index (χ0n) is 7.45. The largest absolute Gasteiger partial charge is 0.0848 e. The molecule has 0 heterocycles. The quantitative estimate of drug-likeness (QED) is 0.377. The minimum absolute atomic E-state index is 1.02. The van der Waals surface area contributed by atoms with Gasteiger partial charge in [0, 0.05) is 0 Å². The first-order chi connectivity index (χ1) is 5.93. The molecule has 0 amide bonds. The van der Waals surface area contributed by atoms with Crippen molar-refractivity contribution >= 4 is 0 Å². The lowest BCUT2D eigenvalue weighted by atomic mass is 9.73. The SMILES string of the molecule is C1=C[C@H]2C[C@@H]1C1C2[C@H]2CC[C@@H]1C2. The second-order valence-corrected chi connectivity index (χ2v) is 5.44. The maximum atomic E-state index is 2.53. The molecule has 0 radical (unpaired) electrons. The van der Waals surface area contributed by atoms with Crippen LogP contribution in [0, 0.1) is 35.5 Å². The van der Waals surface area contributed by atoms with Gasteiger partial charge in [-0.15, -0.1) is 0 Å². The van der Waals surface area contributed by atoms with Gasteiger partial charge in [-0.3, -0.25) is 0 Å². The third-order valence-electron chi connectivity index (χ3n) is 5.19. The number of rotatable bonds is 0. The Morgan fingerprint density at radius 1 is 0.750 bits per heavy atom. The van der Waals surface area contributed by atoms with E-state index in [1.807, 2.05) is 0 Å². The molecule has 4 aliphatic rings. The van der Waals surface area contributed by atoms with Crippen LogP contribution in [0.2, 0.25) is 0 Å². The van der Waals surface area contributed by atoms with E-state index in [0.29, 0.717) is 0 Å². The molecule has 3 fully saturated rings. The molecule has 0 heteroatoms. The van der Waals surface area contributed by atoms with Crippen LogP contribution >= 0.6 is 0 Å². The Labute approximate surface area is 74.0 Å². The summed E-state index contributed by atoms with van der Waals surface area (Å²) < 4.78 is 0. The summed E-state index contributed by atoms with van der Waals surface area (Å²) >= 11 is 0. The van der Waals surface area contributed by atoms with E-state index in [2.05, 4.69) is 12.2 Å². The molecular formula is C12H16. The second-order valence-electron chi connectivity index (χ2n) is 5.44. The monoisotopic (exact) mass is 160 g/mol. The Bertz CT molecular complexity index is 229. The molecule has 3 saturated carbocycles. The lowest BCUT2D eigenvalue weighted by Gasteiger charge is -2.31. The summed E-state index contributed by atoms with van der Waals surface area (Å²) in [4.78, 5) is 0. The highest BCUT2D eigenvalue weighted by Crippen LogP contribution is 2.65. The Morgan fingerprint density at radius 3 is 1.92 bits per heavy atom. The minimum atomic E-state index is 1.02. The number of fused-ring (bicyclic) bond motifs is 9. The van der Waals surface area contributed by atoms with Gasteiger partial charge in [-0.05, 0) is 61.2 Å². The Balaban J connectivity index is 1.82. The summed E-state index contributed by atoms with van der Waals surface area (Å²) in [5.74, 6) is 6.66. The fourth-order valence-electron chi connectivity index (χ4n) is 4.98. The molecule has 4 bridgehead atoms. The van der Waals surface area contributed by atoms with Crippen molar-refractivity contribution in [3.63, 3.8) is 0 Å². The highest BCUT2D eigenvalue weighted by atomic mass is 14.6. The molecule has 0 aromatic carbocycles. The van der Waals surface area contributed by atoms with Crippen molar-refractivity contribution in [2.45, 2.75) is 25.7 Å². The molecule has 4 rings (SSSR count). The predicted molar refractivity (Wildman–Crippen MR) is 48.5 cm³/mol. The van der Waals surface area contributed by atoms with Gasteiger partial charge >= 0.3 is 0 Å². The van der Waals surface area contributed by atoms with Crippen LogP contribution < -0.4 is 0 Å². The molecule has 6 atom stereocenters. The molecule has 0 saturated heterocycles.